The summed E-state index contributed by atoms with van der Waals surface area (Å²) in [4.78, 5) is 18.8. The molecule has 1 aliphatic rings. The summed E-state index contributed by atoms with van der Waals surface area (Å²) in [6.07, 6.45) is 5.76. The summed E-state index contributed by atoms with van der Waals surface area (Å²) in [7, 11) is 1.96. The monoisotopic (exact) mass is 348 g/mol. The molecule has 0 spiro atoms. The van der Waals surface area contributed by atoms with Crippen molar-refractivity contribution in [1.29, 1.82) is 0 Å². The van der Waals surface area contributed by atoms with E-state index in [4.69, 9.17) is 10.2 Å². The Balaban J connectivity index is 1.60. The van der Waals surface area contributed by atoms with Crippen LogP contribution in [0.4, 0.5) is 0 Å². The summed E-state index contributed by atoms with van der Waals surface area (Å²) in [6, 6.07) is 3.75. The Morgan fingerprint density at radius 2 is 2.38 bits per heavy atom. The summed E-state index contributed by atoms with van der Waals surface area (Å²) < 4.78 is 7.71. The largest absolute Gasteiger partial charge is 0.455 e. The fourth-order valence-electron chi connectivity index (χ4n) is 2.98. The Bertz CT molecular complexity index is 694. The van der Waals surface area contributed by atoms with Gasteiger partial charge in [-0.25, -0.2) is 4.98 Å². The van der Waals surface area contributed by atoms with Crippen LogP contribution in [0.5, 0.6) is 0 Å². The number of furan rings is 1. The van der Waals surface area contributed by atoms with Gasteiger partial charge in [-0.1, -0.05) is 11.8 Å². The summed E-state index contributed by atoms with van der Waals surface area (Å²) >= 11 is 1.59. The van der Waals surface area contributed by atoms with Crippen molar-refractivity contribution < 1.29 is 9.21 Å². The first-order chi connectivity index (χ1) is 11.5. The molecule has 0 bridgehead atoms. The number of aryl methyl sites for hydroxylation is 1. The van der Waals surface area contributed by atoms with Crippen molar-refractivity contribution in [3.05, 3.63) is 36.0 Å². The highest BCUT2D eigenvalue weighted by Gasteiger charge is 2.27. The second-order valence-corrected chi connectivity index (χ2v) is 7.33. The molecule has 0 radical (unpaired) electrons. The van der Waals surface area contributed by atoms with Gasteiger partial charge in [0.25, 0.3) is 5.91 Å². The first-order valence-electron chi connectivity index (χ1n) is 8.28. The molecule has 2 aromatic heterocycles. The highest BCUT2D eigenvalue weighted by molar-refractivity contribution is 7.98. The van der Waals surface area contributed by atoms with E-state index in [1.807, 2.05) is 35.7 Å². The van der Waals surface area contributed by atoms with Gasteiger partial charge in [0.15, 0.2) is 10.9 Å². The molecule has 130 valence electrons. The third-order valence-electron chi connectivity index (χ3n) is 4.48. The lowest BCUT2D eigenvalue weighted by molar-refractivity contribution is 0.0627. The Kier molecular flexibility index (Phi) is 5.30. The summed E-state index contributed by atoms with van der Waals surface area (Å²) in [6.45, 7) is 3.51. The molecule has 0 aromatic carbocycles. The molecule has 1 amide bonds. The lowest BCUT2D eigenvalue weighted by atomic mass is 9.92. The van der Waals surface area contributed by atoms with Crippen LogP contribution in [0.25, 0.3) is 0 Å². The van der Waals surface area contributed by atoms with E-state index in [0.717, 1.165) is 30.3 Å². The SMILES string of the molecule is CC(N)C1CCCN(C(=O)c2ccc(CSc3nccn3C)o2)C1. The zero-order chi connectivity index (χ0) is 17.1. The lowest BCUT2D eigenvalue weighted by Gasteiger charge is -2.34. The standard InChI is InChI=1S/C17H24N4O2S/c1-12(18)13-4-3-8-21(10-13)16(22)15-6-5-14(23-15)11-24-17-19-7-9-20(17)2/h5-7,9,12-13H,3-4,8,10-11,18H2,1-2H3. The van der Waals surface area contributed by atoms with Crippen molar-refractivity contribution in [1.82, 2.24) is 14.5 Å². The van der Waals surface area contributed by atoms with Gasteiger partial charge < -0.3 is 19.6 Å². The van der Waals surface area contributed by atoms with Crippen LogP contribution >= 0.6 is 11.8 Å². The maximum absolute atomic E-state index is 12.6. The van der Waals surface area contributed by atoms with Crippen molar-refractivity contribution in [2.75, 3.05) is 13.1 Å². The number of nitrogens with zero attached hydrogens (tertiary/aromatic N) is 3. The van der Waals surface area contributed by atoms with Crippen LogP contribution in [0, 0.1) is 5.92 Å². The Hall–Kier alpha value is -1.73. The van der Waals surface area contributed by atoms with Gasteiger partial charge in [-0.2, -0.15) is 0 Å². The van der Waals surface area contributed by atoms with E-state index in [2.05, 4.69) is 4.98 Å². The molecule has 2 aromatic rings. The molecule has 2 unspecified atom stereocenters. The van der Waals surface area contributed by atoms with Crippen LogP contribution in [-0.4, -0.2) is 39.5 Å². The predicted octanol–water partition coefficient (Wildman–Crippen LogP) is 2.50. The van der Waals surface area contributed by atoms with Gasteiger partial charge in [-0.15, -0.1) is 0 Å². The fourth-order valence-corrected chi connectivity index (χ4v) is 3.80. The number of rotatable bonds is 5. The summed E-state index contributed by atoms with van der Waals surface area (Å²) in [5.74, 6) is 2.19. The number of piperidine rings is 1. The van der Waals surface area contributed by atoms with E-state index < -0.39 is 0 Å². The van der Waals surface area contributed by atoms with Crippen molar-refractivity contribution in [2.45, 2.75) is 36.7 Å². The molecule has 24 heavy (non-hydrogen) atoms. The molecular weight excluding hydrogens is 324 g/mol. The minimum atomic E-state index is -0.0337. The third-order valence-corrected chi connectivity index (χ3v) is 5.56. The van der Waals surface area contributed by atoms with E-state index >= 15 is 0 Å². The number of carbonyl (C=O) groups is 1. The highest BCUT2D eigenvalue weighted by Crippen LogP contribution is 2.24. The maximum atomic E-state index is 12.6. The minimum absolute atomic E-state index is 0.0337. The van der Waals surface area contributed by atoms with E-state index in [-0.39, 0.29) is 11.9 Å². The van der Waals surface area contributed by atoms with Crippen LogP contribution in [0.15, 0.2) is 34.1 Å². The lowest BCUT2D eigenvalue weighted by Crippen LogP contribution is -2.44. The number of imidazole rings is 1. The normalized spacial score (nSPS) is 19.5. The van der Waals surface area contributed by atoms with Gasteiger partial charge in [0, 0.05) is 38.6 Å². The molecule has 1 saturated heterocycles. The number of hydrogen-bond donors (Lipinski definition) is 1. The zero-order valence-electron chi connectivity index (χ0n) is 14.1. The molecule has 2 N–H and O–H groups in total. The highest BCUT2D eigenvalue weighted by atomic mass is 32.2. The maximum Gasteiger partial charge on any atom is 0.289 e. The first kappa shape index (κ1) is 17.1. The van der Waals surface area contributed by atoms with Gasteiger partial charge >= 0.3 is 0 Å². The van der Waals surface area contributed by atoms with Crippen molar-refractivity contribution in [3.63, 3.8) is 0 Å². The number of thioether (sulfide) groups is 1. The molecule has 1 aliphatic heterocycles. The molecule has 7 heteroatoms. The average Bonchev–Trinajstić information content (AvgIpc) is 3.21. The van der Waals surface area contributed by atoms with E-state index in [1.165, 1.54) is 0 Å². The number of nitrogens with two attached hydrogens (primary N) is 1. The van der Waals surface area contributed by atoms with Crippen LogP contribution in [-0.2, 0) is 12.8 Å². The number of likely N-dealkylation sites (tertiary alicyclic amines) is 1. The molecule has 3 rings (SSSR count). The fraction of sp³-hybridized carbons (Fsp3) is 0.529. The summed E-state index contributed by atoms with van der Waals surface area (Å²) in [5, 5.41) is 0.926. The number of hydrogen-bond acceptors (Lipinski definition) is 5. The molecule has 0 saturated carbocycles. The molecule has 1 fully saturated rings. The second-order valence-electron chi connectivity index (χ2n) is 6.39. The third kappa shape index (κ3) is 3.84. The molecule has 0 aliphatic carbocycles. The molecule has 2 atom stereocenters. The average molecular weight is 348 g/mol. The predicted molar refractivity (Wildman–Crippen MR) is 93.8 cm³/mol. The van der Waals surface area contributed by atoms with Crippen molar-refractivity contribution in [2.24, 2.45) is 18.7 Å². The number of aromatic nitrogens is 2. The number of carbonyl (C=O) groups excluding carboxylic acids is 1. The quantitative estimate of drug-likeness (QED) is 0.840. The second kappa shape index (κ2) is 7.44. The van der Waals surface area contributed by atoms with Crippen LogP contribution in [0.1, 0.15) is 36.1 Å². The Morgan fingerprint density at radius 3 is 3.08 bits per heavy atom. The topological polar surface area (TPSA) is 77.3 Å². The zero-order valence-corrected chi connectivity index (χ0v) is 15.0. The Labute approximate surface area is 146 Å². The van der Waals surface area contributed by atoms with E-state index in [1.54, 1.807) is 24.0 Å². The molecular formula is C17H24N4O2S. The van der Waals surface area contributed by atoms with Gasteiger partial charge in [-0.05, 0) is 37.8 Å². The molecule has 3 heterocycles. The van der Waals surface area contributed by atoms with Crippen molar-refractivity contribution >= 4 is 17.7 Å². The van der Waals surface area contributed by atoms with Gasteiger partial charge in [0.2, 0.25) is 0 Å². The van der Waals surface area contributed by atoms with E-state index in [9.17, 15) is 4.79 Å². The van der Waals surface area contributed by atoms with E-state index in [0.29, 0.717) is 24.0 Å². The minimum Gasteiger partial charge on any atom is -0.455 e. The van der Waals surface area contributed by atoms with Gasteiger partial charge in [0.1, 0.15) is 5.76 Å². The van der Waals surface area contributed by atoms with Crippen LogP contribution in [0.3, 0.4) is 0 Å². The summed E-state index contributed by atoms with van der Waals surface area (Å²) in [5.41, 5.74) is 6.00. The molecule has 6 nitrogen and oxygen atoms in total. The van der Waals surface area contributed by atoms with Crippen molar-refractivity contribution in [3.8, 4) is 0 Å². The first-order valence-corrected chi connectivity index (χ1v) is 9.27. The van der Waals surface area contributed by atoms with Crippen LogP contribution < -0.4 is 5.73 Å². The van der Waals surface area contributed by atoms with Gasteiger partial charge in [0.05, 0.1) is 5.75 Å². The van der Waals surface area contributed by atoms with Crippen LogP contribution in [0.2, 0.25) is 0 Å². The Morgan fingerprint density at radius 1 is 1.54 bits per heavy atom. The number of amides is 1. The smallest absolute Gasteiger partial charge is 0.289 e. The van der Waals surface area contributed by atoms with Gasteiger partial charge in [-0.3, -0.25) is 4.79 Å².